The fourth-order valence-corrected chi connectivity index (χ4v) is 5.49. The van der Waals surface area contributed by atoms with E-state index in [1.54, 1.807) is 11.1 Å². The first kappa shape index (κ1) is 24.3. The summed E-state index contributed by atoms with van der Waals surface area (Å²) < 4.78 is 11.4. The molecule has 36 heavy (non-hydrogen) atoms. The average Bonchev–Trinajstić information content (AvgIpc) is 3.41. The van der Waals surface area contributed by atoms with Gasteiger partial charge in [0.15, 0.2) is 0 Å². The minimum Gasteiger partial charge on any atom is -0.488 e. The van der Waals surface area contributed by atoms with Crippen molar-refractivity contribution in [2.45, 2.75) is 69.1 Å². The molecule has 2 aromatic rings. The number of pyridine rings is 1. The number of hydrogen-bond donors (Lipinski definition) is 1. The van der Waals surface area contributed by atoms with E-state index in [0.29, 0.717) is 31.6 Å². The Morgan fingerprint density at radius 1 is 1.14 bits per heavy atom. The molecule has 1 aliphatic carbocycles. The van der Waals surface area contributed by atoms with E-state index in [9.17, 15) is 14.4 Å². The van der Waals surface area contributed by atoms with Gasteiger partial charge in [0.05, 0.1) is 19.2 Å². The molecule has 0 spiro atoms. The molecule has 0 bridgehead atoms. The second-order valence-electron chi connectivity index (χ2n) is 10.0. The molecule has 2 amide bonds. The van der Waals surface area contributed by atoms with E-state index in [1.807, 2.05) is 36.4 Å². The Labute approximate surface area is 211 Å². The lowest BCUT2D eigenvalue weighted by atomic mass is 10.1. The third kappa shape index (κ3) is 4.81. The molecule has 1 saturated carbocycles. The Hall–Kier alpha value is -3.42. The lowest BCUT2D eigenvalue weighted by molar-refractivity contribution is -0.148. The summed E-state index contributed by atoms with van der Waals surface area (Å²) in [6, 6.07) is 8.83. The summed E-state index contributed by atoms with van der Waals surface area (Å²) in [7, 11) is 1.34. The van der Waals surface area contributed by atoms with E-state index in [0.717, 1.165) is 43.0 Å². The Kier molecular flexibility index (Phi) is 6.94. The number of nitrogens with one attached hydrogen (secondary N) is 1. The number of rotatable bonds is 3. The van der Waals surface area contributed by atoms with Crippen molar-refractivity contribution in [2.75, 3.05) is 13.7 Å². The first-order chi connectivity index (χ1) is 17.5. The van der Waals surface area contributed by atoms with Crippen molar-refractivity contribution in [1.29, 1.82) is 0 Å². The van der Waals surface area contributed by atoms with E-state index in [-0.39, 0.29) is 23.8 Å². The first-order valence-corrected chi connectivity index (χ1v) is 12.9. The summed E-state index contributed by atoms with van der Waals surface area (Å²) in [6.45, 7) is 0.322. The zero-order valence-corrected chi connectivity index (χ0v) is 20.7. The summed E-state index contributed by atoms with van der Waals surface area (Å²) in [5.74, 6) is -0.236. The molecule has 1 aromatic carbocycles. The summed E-state index contributed by atoms with van der Waals surface area (Å²) >= 11 is 0. The Balaban J connectivity index is 1.39. The van der Waals surface area contributed by atoms with Gasteiger partial charge >= 0.3 is 5.97 Å². The Bertz CT molecular complexity index is 1180. The number of aromatic nitrogens is 1. The number of hydrogen-bond acceptors (Lipinski definition) is 6. The van der Waals surface area contributed by atoms with Gasteiger partial charge in [0, 0.05) is 30.3 Å². The van der Waals surface area contributed by atoms with E-state index in [1.165, 1.54) is 7.11 Å². The Morgan fingerprint density at radius 2 is 1.97 bits per heavy atom. The molecular formula is C28H33N3O5. The maximum atomic E-state index is 13.5. The maximum absolute atomic E-state index is 13.5. The smallest absolute Gasteiger partial charge is 0.332 e. The molecule has 3 aliphatic rings. The van der Waals surface area contributed by atoms with Crippen molar-refractivity contribution in [3.05, 3.63) is 48.7 Å². The highest BCUT2D eigenvalue weighted by Crippen LogP contribution is 2.46. The number of carbonyl (C=O) groups excluding carboxylic acids is 3. The zero-order chi connectivity index (χ0) is 25.1. The lowest BCUT2D eigenvalue weighted by Crippen LogP contribution is -2.53. The SMILES string of the molecule is COC(=O)[C@@]12C[C@H]1/C=C\CCCCCCC(=O)N1C[C@H](Oc3ccnc4ccccc34)C[C@H]1C(=O)N2. The van der Waals surface area contributed by atoms with Crippen molar-refractivity contribution in [3.8, 4) is 5.75 Å². The molecule has 1 aromatic heterocycles. The molecule has 3 heterocycles. The number of fused-ring (bicyclic) bond motifs is 3. The standard InChI is InChI=1S/C28H33N3O5/c1-35-27(34)28-17-19(28)10-6-4-2-3-5-7-13-25(32)31-18-20(16-23(31)26(33)30-28)36-24-14-15-29-22-12-9-8-11-21(22)24/h6,8-12,14-15,19-20,23H,2-5,7,13,16-18H2,1H3,(H,30,33)/b10-6-/t19-,20-,23+,28-/m1/s1. The highest BCUT2D eigenvalue weighted by Gasteiger charge is 2.62. The van der Waals surface area contributed by atoms with Crippen LogP contribution >= 0.6 is 0 Å². The van der Waals surface area contributed by atoms with Gasteiger partial charge in [-0.2, -0.15) is 0 Å². The molecule has 190 valence electrons. The predicted molar refractivity (Wildman–Crippen MR) is 134 cm³/mol. The number of allylic oxidation sites excluding steroid dienone is 1. The number of esters is 1. The van der Waals surface area contributed by atoms with Crippen LogP contribution in [0.25, 0.3) is 10.9 Å². The van der Waals surface area contributed by atoms with E-state index >= 15 is 0 Å². The van der Waals surface area contributed by atoms with Crippen LogP contribution in [0, 0.1) is 5.92 Å². The van der Waals surface area contributed by atoms with Gasteiger partial charge in [-0.1, -0.05) is 37.1 Å². The number of ether oxygens (including phenoxy) is 2. The molecule has 0 unspecified atom stereocenters. The van der Waals surface area contributed by atoms with Gasteiger partial charge in [0.1, 0.15) is 23.4 Å². The summed E-state index contributed by atoms with van der Waals surface area (Å²) in [5.41, 5.74) is -0.234. The quantitative estimate of drug-likeness (QED) is 0.521. The van der Waals surface area contributed by atoms with E-state index in [4.69, 9.17) is 9.47 Å². The van der Waals surface area contributed by atoms with Crippen LogP contribution in [0.2, 0.25) is 0 Å². The van der Waals surface area contributed by atoms with Crippen LogP contribution in [0.5, 0.6) is 5.75 Å². The molecule has 2 fully saturated rings. The van der Waals surface area contributed by atoms with Crippen LogP contribution in [-0.2, 0) is 19.1 Å². The average molecular weight is 492 g/mol. The maximum Gasteiger partial charge on any atom is 0.332 e. The van der Waals surface area contributed by atoms with Gasteiger partial charge in [0.25, 0.3) is 0 Å². The monoisotopic (exact) mass is 491 g/mol. The van der Waals surface area contributed by atoms with Crippen molar-refractivity contribution in [3.63, 3.8) is 0 Å². The lowest BCUT2D eigenvalue weighted by Gasteiger charge is -2.26. The number of amides is 2. The van der Waals surface area contributed by atoms with E-state index < -0.39 is 17.6 Å². The second-order valence-corrected chi connectivity index (χ2v) is 10.0. The molecule has 2 aliphatic heterocycles. The number of para-hydroxylation sites is 1. The van der Waals surface area contributed by atoms with Crippen molar-refractivity contribution < 1.29 is 23.9 Å². The van der Waals surface area contributed by atoms with E-state index in [2.05, 4.69) is 16.4 Å². The second kappa shape index (κ2) is 10.3. The molecule has 1 N–H and O–H groups in total. The minimum atomic E-state index is -1.06. The molecule has 4 atom stereocenters. The van der Waals surface area contributed by atoms with Gasteiger partial charge < -0.3 is 19.7 Å². The van der Waals surface area contributed by atoms with Gasteiger partial charge in [-0.05, 0) is 43.9 Å². The van der Waals surface area contributed by atoms with Crippen molar-refractivity contribution >= 4 is 28.7 Å². The number of methoxy groups -OCH3 is 1. The van der Waals surface area contributed by atoms with Gasteiger partial charge in [-0.3, -0.25) is 14.6 Å². The number of carbonyl (C=O) groups is 3. The van der Waals surface area contributed by atoms with Gasteiger partial charge in [0.2, 0.25) is 11.8 Å². The van der Waals surface area contributed by atoms with Crippen LogP contribution in [0.15, 0.2) is 48.7 Å². The topological polar surface area (TPSA) is 97.8 Å². The predicted octanol–water partition coefficient (Wildman–Crippen LogP) is 3.54. The van der Waals surface area contributed by atoms with Gasteiger partial charge in [-0.15, -0.1) is 0 Å². The van der Waals surface area contributed by atoms with Crippen molar-refractivity contribution in [2.24, 2.45) is 5.92 Å². The van der Waals surface area contributed by atoms with Crippen LogP contribution in [0.1, 0.15) is 51.4 Å². The van der Waals surface area contributed by atoms with Crippen LogP contribution < -0.4 is 10.1 Å². The molecule has 8 heteroatoms. The third-order valence-electron chi connectivity index (χ3n) is 7.58. The van der Waals surface area contributed by atoms with Gasteiger partial charge in [-0.25, -0.2) is 4.79 Å². The van der Waals surface area contributed by atoms with Crippen LogP contribution in [0.3, 0.4) is 0 Å². The summed E-state index contributed by atoms with van der Waals surface area (Å²) in [5, 5.41) is 3.86. The normalized spacial score (nSPS) is 29.8. The number of nitrogens with zero attached hydrogens (tertiary/aromatic N) is 2. The Morgan fingerprint density at radius 3 is 2.83 bits per heavy atom. The highest BCUT2D eigenvalue weighted by molar-refractivity contribution is 5.95. The molecular weight excluding hydrogens is 458 g/mol. The molecule has 1 saturated heterocycles. The summed E-state index contributed by atoms with van der Waals surface area (Å²) in [4.78, 5) is 45.5. The first-order valence-electron chi connectivity index (χ1n) is 12.9. The van der Waals surface area contributed by atoms with Crippen LogP contribution in [-0.4, -0.2) is 59.0 Å². The highest BCUT2D eigenvalue weighted by atomic mass is 16.5. The number of benzene rings is 1. The molecule has 8 nitrogen and oxygen atoms in total. The molecule has 0 radical (unpaired) electrons. The third-order valence-corrected chi connectivity index (χ3v) is 7.58. The largest absolute Gasteiger partial charge is 0.488 e. The van der Waals surface area contributed by atoms with Crippen molar-refractivity contribution in [1.82, 2.24) is 15.2 Å². The molecule has 5 rings (SSSR count). The minimum absolute atomic E-state index is 0.0479. The summed E-state index contributed by atoms with van der Waals surface area (Å²) in [6.07, 6.45) is 11.5. The fraction of sp³-hybridized carbons (Fsp3) is 0.500. The van der Waals surface area contributed by atoms with Crippen LogP contribution in [0.4, 0.5) is 0 Å². The zero-order valence-electron chi connectivity index (χ0n) is 20.7. The fourth-order valence-electron chi connectivity index (χ4n) is 5.49.